The summed E-state index contributed by atoms with van der Waals surface area (Å²) in [5.41, 5.74) is 1.09. The van der Waals surface area contributed by atoms with Gasteiger partial charge in [0.05, 0.1) is 20.3 Å². The van der Waals surface area contributed by atoms with Crippen LogP contribution in [0.2, 0.25) is 0 Å². The Morgan fingerprint density at radius 2 is 2.38 bits per heavy atom. The predicted molar refractivity (Wildman–Crippen MR) is 83.4 cm³/mol. The standard InChI is InChI=1S/C15H18FN5O3/c1-9-5-13(23-2)10(16)6-11(9)19-15(22)21-3-4-24-7-12(21)14-17-8-18-20-14/h5-6,8,12H,3-4,7H2,1-2H3,(H,19,22)(H,17,18,20). The second-order valence-corrected chi connectivity index (χ2v) is 5.39. The number of carbonyl (C=O) groups is 1. The number of nitrogens with one attached hydrogen (secondary N) is 2. The molecule has 1 aliphatic heterocycles. The highest BCUT2D eigenvalue weighted by molar-refractivity contribution is 5.90. The molecule has 0 aliphatic carbocycles. The molecule has 1 saturated heterocycles. The van der Waals surface area contributed by atoms with Gasteiger partial charge in [-0.25, -0.2) is 14.2 Å². The fourth-order valence-electron chi connectivity index (χ4n) is 2.58. The van der Waals surface area contributed by atoms with Gasteiger partial charge in [0.25, 0.3) is 0 Å². The van der Waals surface area contributed by atoms with E-state index in [0.29, 0.717) is 36.8 Å². The molecule has 2 aromatic rings. The van der Waals surface area contributed by atoms with Crippen molar-refractivity contribution in [2.45, 2.75) is 13.0 Å². The molecule has 0 radical (unpaired) electrons. The zero-order valence-electron chi connectivity index (χ0n) is 13.4. The van der Waals surface area contributed by atoms with Crippen LogP contribution in [-0.2, 0) is 4.74 Å². The Morgan fingerprint density at radius 1 is 1.54 bits per heavy atom. The van der Waals surface area contributed by atoms with Gasteiger partial charge in [-0.15, -0.1) is 0 Å². The molecule has 1 aliphatic rings. The van der Waals surface area contributed by atoms with Crippen molar-refractivity contribution >= 4 is 11.7 Å². The fourth-order valence-corrected chi connectivity index (χ4v) is 2.58. The van der Waals surface area contributed by atoms with Crippen molar-refractivity contribution < 1.29 is 18.7 Å². The molecule has 0 saturated carbocycles. The average molecular weight is 335 g/mol. The number of methoxy groups -OCH3 is 1. The molecule has 2 heterocycles. The number of amides is 2. The molecule has 8 nitrogen and oxygen atoms in total. The van der Waals surface area contributed by atoms with Gasteiger partial charge in [-0.3, -0.25) is 5.10 Å². The third-order valence-electron chi connectivity index (χ3n) is 3.88. The van der Waals surface area contributed by atoms with Crippen LogP contribution >= 0.6 is 0 Å². The maximum absolute atomic E-state index is 13.9. The molecule has 1 aromatic carbocycles. The Hall–Kier alpha value is -2.68. The highest BCUT2D eigenvalue weighted by Gasteiger charge is 2.31. The van der Waals surface area contributed by atoms with Crippen LogP contribution in [0.4, 0.5) is 14.9 Å². The van der Waals surface area contributed by atoms with Gasteiger partial charge in [0, 0.05) is 18.3 Å². The van der Waals surface area contributed by atoms with Crippen LogP contribution in [-0.4, -0.2) is 53.0 Å². The molecule has 1 fully saturated rings. The molecule has 0 bridgehead atoms. The number of rotatable bonds is 3. The first-order valence-corrected chi connectivity index (χ1v) is 7.45. The lowest BCUT2D eigenvalue weighted by atomic mass is 10.1. The maximum Gasteiger partial charge on any atom is 0.322 e. The van der Waals surface area contributed by atoms with E-state index in [2.05, 4.69) is 20.5 Å². The molecular weight excluding hydrogens is 317 g/mol. The minimum atomic E-state index is -0.535. The SMILES string of the molecule is COc1cc(C)c(NC(=O)N2CCOCC2c2ncn[nH]2)cc1F. The molecular formula is C15H18FN5O3. The van der Waals surface area contributed by atoms with E-state index in [1.807, 2.05) is 0 Å². The van der Waals surface area contributed by atoms with Crippen molar-refractivity contribution in [3.63, 3.8) is 0 Å². The molecule has 24 heavy (non-hydrogen) atoms. The third-order valence-corrected chi connectivity index (χ3v) is 3.88. The quantitative estimate of drug-likeness (QED) is 0.893. The number of carbonyl (C=O) groups excluding carboxylic acids is 1. The second kappa shape index (κ2) is 6.83. The summed E-state index contributed by atoms with van der Waals surface area (Å²) in [6.45, 7) is 2.91. The highest BCUT2D eigenvalue weighted by Crippen LogP contribution is 2.27. The highest BCUT2D eigenvalue weighted by atomic mass is 19.1. The van der Waals surface area contributed by atoms with E-state index in [1.54, 1.807) is 11.8 Å². The largest absolute Gasteiger partial charge is 0.494 e. The van der Waals surface area contributed by atoms with E-state index in [0.717, 1.165) is 0 Å². The molecule has 0 spiro atoms. The van der Waals surface area contributed by atoms with Crippen LogP contribution < -0.4 is 10.1 Å². The van der Waals surface area contributed by atoms with Gasteiger partial charge in [-0.2, -0.15) is 5.10 Å². The summed E-state index contributed by atoms with van der Waals surface area (Å²) in [4.78, 5) is 18.3. The van der Waals surface area contributed by atoms with Crippen LogP contribution in [0.5, 0.6) is 5.75 Å². The fraction of sp³-hybridized carbons (Fsp3) is 0.400. The van der Waals surface area contributed by atoms with Gasteiger partial charge in [0.15, 0.2) is 11.6 Å². The minimum absolute atomic E-state index is 0.136. The van der Waals surface area contributed by atoms with Crippen LogP contribution in [0.1, 0.15) is 17.4 Å². The van der Waals surface area contributed by atoms with Crippen molar-refractivity contribution in [1.82, 2.24) is 20.1 Å². The Kier molecular flexibility index (Phi) is 4.61. The van der Waals surface area contributed by atoms with Crippen molar-refractivity contribution in [2.75, 3.05) is 32.2 Å². The number of benzene rings is 1. The second-order valence-electron chi connectivity index (χ2n) is 5.39. The number of hydrogen-bond donors (Lipinski definition) is 2. The average Bonchev–Trinajstić information content (AvgIpc) is 3.12. The van der Waals surface area contributed by atoms with E-state index in [-0.39, 0.29) is 17.8 Å². The topological polar surface area (TPSA) is 92.4 Å². The van der Waals surface area contributed by atoms with Crippen molar-refractivity contribution in [1.29, 1.82) is 0 Å². The van der Waals surface area contributed by atoms with Crippen LogP contribution in [0.3, 0.4) is 0 Å². The molecule has 9 heteroatoms. The summed E-state index contributed by atoms with van der Waals surface area (Å²) < 4.78 is 24.2. The zero-order chi connectivity index (χ0) is 17.1. The number of ether oxygens (including phenoxy) is 2. The van der Waals surface area contributed by atoms with E-state index in [9.17, 15) is 9.18 Å². The minimum Gasteiger partial charge on any atom is -0.494 e. The lowest BCUT2D eigenvalue weighted by Gasteiger charge is -2.34. The monoisotopic (exact) mass is 335 g/mol. The number of hydrogen-bond acceptors (Lipinski definition) is 5. The molecule has 1 aromatic heterocycles. The lowest BCUT2D eigenvalue weighted by Crippen LogP contribution is -2.46. The Bertz CT molecular complexity index is 722. The molecule has 1 atom stereocenters. The number of anilines is 1. The number of morpholine rings is 1. The number of H-pyrrole nitrogens is 1. The molecule has 3 rings (SSSR count). The van der Waals surface area contributed by atoms with Gasteiger partial charge in [-0.05, 0) is 18.6 Å². The Morgan fingerprint density at radius 3 is 3.08 bits per heavy atom. The number of aromatic amines is 1. The Balaban J connectivity index is 1.79. The molecule has 2 N–H and O–H groups in total. The number of nitrogens with zero attached hydrogens (tertiary/aromatic N) is 3. The summed E-state index contributed by atoms with van der Waals surface area (Å²) in [6, 6.07) is 2.06. The molecule has 1 unspecified atom stereocenters. The van der Waals surface area contributed by atoms with Gasteiger partial charge < -0.3 is 19.7 Å². The summed E-state index contributed by atoms with van der Waals surface area (Å²) >= 11 is 0. The van der Waals surface area contributed by atoms with E-state index in [4.69, 9.17) is 9.47 Å². The van der Waals surface area contributed by atoms with Crippen LogP contribution in [0.25, 0.3) is 0 Å². The van der Waals surface area contributed by atoms with E-state index >= 15 is 0 Å². The number of urea groups is 1. The van der Waals surface area contributed by atoms with Crippen molar-refractivity contribution in [3.05, 3.63) is 35.7 Å². The number of halogens is 1. The van der Waals surface area contributed by atoms with Crippen LogP contribution in [0, 0.1) is 12.7 Å². The van der Waals surface area contributed by atoms with E-state index < -0.39 is 5.82 Å². The normalized spacial score (nSPS) is 17.6. The van der Waals surface area contributed by atoms with Gasteiger partial charge in [0.1, 0.15) is 18.2 Å². The first kappa shape index (κ1) is 16.2. The summed E-state index contributed by atoms with van der Waals surface area (Å²) in [6.07, 6.45) is 1.38. The lowest BCUT2D eigenvalue weighted by molar-refractivity contribution is 0.0118. The zero-order valence-corrected chi connectivity index (χ0v) is 13.4. The van der Waals surface area contributed by atoms with Crippen LogP contribution in [0.15, 0.2) is 18.5 Å². The summed E-state index contributed by atoms with van der Waals surface area (Å²) in [7, 11) is 1.39. The third kappa shape index (κ3) is 3.16. The molecule has 2 amide bonds. The van der Waals surface area contributed by atoms with Gasteiger partial charge in [-0.1, -0.05) is 0 Å². The van der Waals surface area contributed by atoms with Gasteiger partial charge >= 0.3 is 6.03 Å². The van der Waals surface area contributed by atoms with E-state index in [1.165, 1.54) is 25.6 Å². The number of aryl methyl sites for hydroxylation is 1. The molecule has 128 valence electrons. The van der Waals surface area contributed by atoms with Crippen molar-refractivity contribution in [3.8, 4) is 5.75 Å². The first-order chi connectivity index (χ1) is 11.6. The number of aromatic nitrogens is 3. The summed E-state index contributed by atoms with van der Waals surface area (Å²) in [5, 5.41) is 9.30. The summed E-state index contributed by atoms with van der Waals surface area (Å²) in [5.74, 6) is 0.144. The predicted octanol–water partition coefficient (Wildman–Crippen LogP) is 1.87. The van der Waals surface area contributed by atoms with Crippen molar-refractivity contribution in [2.24, 2.45) is 0 Å². The smallest absolute Gasteiger partial charge is 0.322 e. The van der Waals surface area contributed by atoms with Gasteiger partial charge in [0.2, 0.25) is 0 Å². The maximum atomic E-state index is 13.9. The first-order valence-electron chi connectivity index (χ1n) is 7.45. The Labute approximate surface area is 138 Å².